The molecule has 0 spiro atoms. The van der Waals surface area contributed by atoms with Gasteiger partial charge in [0.1, 0.15) is 0 Å². The van der Waals surface area contributed by atoms with Gasteiger partial charge in [0, 0.05) is 38.2 Å². The molecular formula is C75H39N11. The fourth-order valence-electron chi connectivity index (χ4n) is 11.6. The van der Waals surface area contributed by atoms with Crippen molar-refractivity contribution < 1.29 is 0 Å². The van der Waals surface area contributed by atoms with Crippen molar-refractivity contribution in [3.63, 3.8) is 0 Å². The van der Waals surface area contributed by atoms with Crippen LogP contribution < -0.4 is 0 Å². The van der Waals surface area contributed by atoms with Gasteiger partial charge in [-0.1, -0.05) is 127 Å². The predicted molar refractivity (Wildman–Crippen MR) is 335 cm³/mol. The van der Waals surface area contributed by atoms with Crippen molar-refractivity contribution in [1.82, 2.24) is 24.1 Å². The molecule has 0 unspecified atom stereocenters. The van der Waals surface area contributed by atoms with Crippen LogP contribution in [0.25, 0.3) is 134 Å². The molecule has 0 N–H and O–H groups in total. The molecule has 11 nitrogen and oxygen atoms in total. The molecule has 11 aromatic carbocycles. The molecule has 0 atom stereocenters. The maximum absolute atomic E-state index is 10.7. The minimum atomic E-state index is 0.251. The highest BCUT2D eigenvalue weighted by Crippen LogP contribution is 2.43. The van der Waals surface area contributed by atoms with Gasteiger partial charge in [-0.05, 0) is 154 Å². The third-order valence-electron chi connectivity index (χ3n) is 15.7. The van der Waals surface area contributed by atoms with Crippen LogP contribution in [0.2, 0.25) is 0 Å². The first-order valence-corrected chi connectivity index (χ1v) is 27.4. The summed E-state index contributed by atoms with van der Waals surface area (Å²) in [5.41, 5.74) is 16.2. The van der Waals surface area contributed by atoms with Crippen molar-refractivity contribution in [3.8, 4) is 126 Å². The summed E-state index contributed by atoms with van der Waals surface area (Å²) < 4.78 is 4.32. The van der Waals surface area contributed by atoms with Crippen LogP contribution in [-0.4, -0.2) is 24.1 Å². The molecule has 0 saturated carbocycles. The molecule has 0 amide bonds. The van der Waals surface area contributed by atoms with E-state index in [1.807, 2.05) is 115 Å². The number of fused-ring (bicyclic) bond motifs is 6. The van der Waals surface area contributed by atoms with Gasteiger partial charge in [0.2, 0.25) is 0 Å². The molecule has 11 heteroatoms. The minimum absolute atomic E-state index is 0.251. The van der Waals surface area contributed by atoms with Crippen LogP contribution in [0.15, 0.2) is 237 Å². The predicted octanol–water partition coefficient (Wildman–Crippen LogP) is 17.0. The highest BCUT2D eigenvalue weighted by molar-refractivity contribution is 6.13. The van der Waals surface area contributed by atoms with Crippen LogP contribution in [0, 0.1) is 68.0 Å². The fourth-order valence-corrected chi connectivity index (χ4v) is 11.6. The van der Waals surface area contributed by atoms with Gasteiger partial charge in [-0.2, -0.15) is 31.6 Å². The molecule has 0 fully saturated rings. The molecule has 0 aliphatic carbocycles. The van der Waals surface area contributed by atoms with E-state index in [-0.39, 0.29) is 11.6 Å². The van der Waals surface area contributed by atoms with Crippen molar-refractivity contribution >= 4 is 43.6 Å². The molecule has 394 valence electrons. The van der Waals surface area contributed by atoms with Crippen molar-refractivity contribution in [2.45, 2.75) is 0 Å². The number of nitriles is 6. The second-order valence-electron chi connectivity index (χ2n) is 20.7. The average Bonchev–Trinajstić information content (AvgIpc) is 1.69. The third kappa shape index (κ3) is 8.96. The van der Waals surface area contributed by atoms with E-state index >= 15 is 0 Å². The molecule has 14 aromatic rings. The van der Waals surface area contributed by atoms with Crippen LogP contribution in [0.5, 0.6) is 0 Å². The first kappa shape index (κ1) is 51.1. The molecule has 0 bridgehead atoms. The van der Waals surface area contributed by atoms with Gasteiger partial charge in [-0.3, -0.25) is 0 Å². The standard InChI is InChI=1S/C75H39N11/c76-40-46-8-4-14-53(30-46)57-20-24-61-62-25-21-58(54-15-5-9-47(31-54)41-77)37-70(62)85(69(61)36-57)67-28-18-50(44-80)34-65(67)74-82-73(52-12-2-1-3-13-52)83-75(84-74)66-35-51(45-81)19-29-68(66)86-71-38-59(55-16-6-10-48(32-55)42-78)22-26-63(71)64-27-23-60(39-72(64)86)56-17-7-11-49(33-56)43-79/h1-39H. The molecule has 14 rings (SSSR count). The van der Waals surface area contributed by atoms with Crippen molar-refractivity contribution in [3.05, 3.63) is 270 Å². The number of benzene rings is 11. The van der Waals surface area contributed by atoms with E-state index in [2.05, 4.69) is 118 Å². The summed E-state index contributed by atoms with van der Waals surface area (Å²) in [6, 6.07) is 89.5. The first-order chi connectivity index (χ1) is 42.3. The molecule has 0 aliphatic rings. The van der Waals surface area contributed by atoms with Crippen LogP contribution in [0.4, 0.5) is 0 Å². The highest BCUT2D eigenvalue weighted by Gasteiger charge is 2.25. The normalized spacial score (nSPS) is 11.0. The van der Waals surface area contributed by atoms with E-state index in [1.54, 1.807) is 48.5 Å². The highest BCUT2D eigenvalue weighted by atomic mass is 15.1. The second kappa shape index (κ2) is 21.1. The zero-order valence-electron chi connectivity index (χ0n) is 45.4. The summed E-state index contributed by atoms with van der Waals surface area (Å²) in [6.45, 7) is 0. The molecule has 0 saturated heterocycles. The number of hydrogen-bond acceptors (Lipinski definition) is 9. The Balaban J connectivity index is 1.05. The van der Waals surface area contributed by atoms with E-state index in [0.29, 0.717) is 67.3 Å². The van der Waals surface area contributed by atoms with E-state index < -0.39 is 0 Å². The van der Waals surface area contributed by atoms with Crippen molar-refractivity contribution in [2.24, 2.45) is 0 Å². The lowest BCUT2D eigenvalue weighted by atomic mass is 10.0. The van der Waals surface area contributed by atoms with Crippen molar-refractivity contribution in [1.29, 1.82) is 31.6 Å². The Morgan fingerprint density at radius 1 is 0.233 bits per heavy atom. The van der Waals surface area contributed by atoms with Crippen LogP contribution in [-0.2, 0) is 0 Å². The van der Waals surface area contributed by atoms with E-state index in [1.165, 1.54) is 0 Å². The zero-order chi connectivity index (χ0) is 58.4. The van der Waals surface area contributed by atoms with Gasteiger partial charge < -0.3 is 9.13 Å². The number of rotatable bonds is 9. The Hall–Kier alpha value is -13.0. The van der Waals surface area contributed by atoms with E-state index in [4.69, 9.17) is 15.0 Å². The molecule has 0 radical (unpaired) electrons. The topological polar surface area (TPSA) is 191 Å². The molecule has 0 aliphatic heterocycles. The van der Waals surface area contributed by atoms with Gasteiger partial charge in [0.25, 0.3) is 0 Å². The second-order valence-corrected chi connectivity index (χ2v) is 20.7. The number of nitrogens with zero attached hydrogens (tertiary/aromatic N) is 11. The van der Waals surface area contributed by atoms with E-state index in [0.717, 1.165) is 88.1 Å². The van der Waals surface area contributed by atoms with Gasteiger partial charge >= 0.3 is 0 Å². The summed E-state index contributed by atoms with van der Waals surface area (Å²) in [6.07, 6.45) is 0. The average molecular weight is 1090 g/mol. The largest absolute Gasteiger partial charge is 0.308 e. The van der Waals surface area contributed by atoms with Gasteiger partial charge in [-0.25, -0.2) is 15.0 Å². The van der Waals surface area contributed by atoms with Crippen LogP contribution >= 0.6 is 0 Å². The van der Waals surface area contributed by atoms with Gasteiger partial charge in [0.15, 0.2) is 17.5 Å². The van der Waals surface area contributed by atoms with Gasteiger partial charge in [-0.15, -0.1) is 0 Å². The lowest BCUT2D eigenvalue weighted by Crippen LogP contribution is -2.06. The Kier molecular flexibility index (Phi) is 12.6. The third-order valence-corrected chi connectivity index (χ3v) is 15.7. The summed E-state index contributed by atoms with van der Waals surface area (Å²) in [5, 5.41) is 65.0. The fraction of sp³-hybridized carbons (Fsp3) is 0. The minimum Gasteiger partial charge on any atom is -0.308 e. The van der Waals surface area contributed by atoms with Gasteiger partial charge in [0.05, 0.1) is 103 Å². The lowest BCUT2D eigenvalue weighted by Gasteiger charge is -2.17. The lowest BCUT2D eigenvalue weighted by molar-refractivity contribution is 1.06. The molecule has 86 heavy (non-hydrogen) atoms. The van der Waals surface area contributed by atoms with Crippen LogP contribution in [0.3, 0.4) is 0 Å². The number of aromatic nitrogens is 5. The summed E-state index contributed by atoms with van der Waals surface area (Å²) in [4.78, 5) is 16.1. The Morgan fingerprint density at radius 2 is 0.512 bits per heavy atom. The first-order valence-electron chi connectivity index (χ1n) is 27.4. The maximum Gasteiger partial charge on any atom is 0.166 e. The quantitative estimate of drug-likeness (QED) is 0.135. The summed E-state index contributed by atoms with van der Waals surface area (Å²) >= 11 is 0. The van der Waals surface area contributed by atoms with Crippen LogP contribution in [0.1, 0.15) is 33.4 Å². The molecule has 3 heterocycles. The number of hydrogen-bond donors (Lipinski definition) is 0. The molecule has 3 aromatic heterocycles. The maximum atomic E-state index is 10.7. The van der Waals surface area contributed by atoms with E-state index in [9.17, 15) is 31.6 Å². The zero-order valence-corrected chi connectivity index (χ0v) is 45.4. The SMILES string of the molecule is N#Cc1cccc(-c2ccc3c4ccc(-c5cccc(C#N)c5)cc4n(-c4ccc(C#N)cc4-c4nc(-c5ccccc5)nc(-c5cc(C#N)ccc5-n5c6cc(-c7cccc(C#N)c7)ccc6c6ccc(-c7cccc(C#N)c7)cc65)n4)c3c2)c1. The Labute approximate surface area is 493 Å². The Bertz CT molecular complexity index is 4910. The smallest absolute Gasteiger partial charge is 0.166 e. The monoisotopic (exact) mass is 1090 g/mol. The Morgan fingerprint density at radius 3 is 0.826 bits per heavy atom. The summed E-state index contributed by atoms with van der Waals surface area (Å²) in [7, 11) is 0. The molecular weight excluding hydrogens is 1050 g/mol. The summed E-state index contributed by atoms with van der Waals surface area (Å²) in [5.74, 6) is 0.846. The van der Waals surface area contributed by atoms with Crippen molar-refractivity contribution in [2.75, 3.05) is 0 Å².